The molecule has 1 aromatic rings. The molecule has 100 valence electrons. The van der Waals surface area contributed by atoms with E-state index in [9.17, 15) is 0 Å². The van der Waals surface area contributed by atoms with Gasteiger partial charge in [0.05, 0.1) is 16.4 Å². The largest absolute Gasteiger partial charge is 0.397 e. The van der Waals surface area contributed by atoms with E-state index in [1.807, 2.05) is 6.07 Å². The molecule has 0 aliphatic carbocycles. The standard InChI is InChI=1S/C13H21BrN4/c1-10(9-18-4-2-3-5-18)7-16-13-12(14)6-11(15)8-17-13/h6,8,10H,2-5,7,9,15H2,1H3,(H,16,17). The maximum absolute atomic E-state index is 5.67. The first-order valence-corrected chi connectivity index (χ1v) is 7.31. The van der Waals surface area contributed by atoms with E-state index in [0.29, 0.717) is 11.6 Å². The molecule has 0 bridgehead atoms. The van der Waals surface area contributed by atoms with E-state index in [2.05, 4.69) is 38.1 Å². The van der Waals surface area contributed by atoms with Gasteiger partial charge in [0, 0.05) is 13.1 Å². The Labute approximate surface area is 117 Å². The SMILES string of the molecule is CC(CNc1ncc(N)cc1Br)CN1CCCC1. The highest BCUT2D eigenvalue weighted by atomic mass is 79.9. The van der Waals surface area contributed by atoms with Crippen LogP contribution in [0.4, 0.5) is 11.5 Å². The van der Waals surface area contributed by atoms with Gasteiger partial charge < -0.3 is 16.0 Å². The minimum atomic E-state index is 0.620. The zero-order valence-corrected chi connectivity index (χ0v) is 12.4. The average molecular weight is 313 g/mol. The van der Waals surface area contributed by atoms with Crippen molar-refractivity contribution in [1.29, 1.82) is 0 Å². The topological polar surface area (TPSA) is 54.2 Å². The molecule has 0 aromatic carbocycles. The molecule has 0 saturated carbocycles. The van der Waals surface area contributed by atoms with Crippen LogP contribution in [0, 0.1) is 5.92 Å². The van der Waals surface area contributed by atoms with Gasteiger partial charge in [-0.3, -0.25) is 0 Å². The summed E-state index contributed by atoms with van der Waals surface area (Å²) < 4.78 is 0.927. The Morgan fingerprint density at radius 1 is 1.50 bits per heavy atom. The van der Waals surface area contributed by atoms with Crippen LogP contribution in [0.5, 0.6) is 0 Å². The number of likely N-dealkylation sites (tertiary alicyclic amines) is 1. The number of nitrogens with two attached hydrogens (primary N) is 1. The van der Waals surface area contributed by atoms with Gasteiger partial charge in [-0.15, -0.1) is 0 Å². The Kier molecular flexibility index (Phi) is 4.83. The summed E-state index contributed by atoms with van der Waals surface area (Å²) in [5.74, 6) is 1.49. The van der Waals surface area contributed by atoms with E-state index in [4.69, 9.17) is 5.73 Å². The van der Waals surface area contributed by atoms with Crippen molar-refractivity contribution in [3.05, 3.63) is 16.7 Å². The van der Waals surface area contributed by atoms with Gasteiger partial charge in [0.1, 0.15) is 5.82 Å². The maximum Gasteiger partial charge on any atom is 0.140 e. The predicted molar refractivity (Wildman–Crippen MR) is 79.7 cm³/mol. The minimum Gasteiger partial charge on any atom is -0.397 e. The molecule has 1 atom stereocenters. The van der Waals surface area contributed by atoms with Crippen molar-refractivity contribution in [1.82, 2.24) is 9.88 Å². The van der Waals surface area contributed by atoms with Gasteiger partial charge in [-0.1, -0.05) is 6.92 Å². The van der Waals surface area contributed by atoms with E-state index in [-0.39, 0.29) is 0 Å². The lowest BCUT2D eigenvalue weighted by molar-refractivity contribution is 0.294. The summed E-state index contributed by atoms with van der Waals surface area (Å²) in [6.07, 6.45) is 4.38. The molecule has 5 heteroatoms. The second-order valence-electron chi connectivity index (χ2n) is 5.09. The smallest absolute Gasteiger partial charge is 0.140 e. The third-order valence-corrected chi connectivity index (χ3v) is 3.85. The lowest BCUT2D eigenvalue weighted by Crippen LogP contribution is -2.29. The molecule has 1 fully saturated rings. The van der Waals surface area contributed by atoms with Crippen LogP contribution in [0.1, 0.15) is 19.8 Å². The number of nitrogen functional groups attached to an aromatic ring is 1. The molecular weight excluding hydrogens is 292 g/mol. The molecule has 3 N–H and O–H groups in total. The number of halogens is 1. The number of anilines is 2. The molecule has 2 heterocycles. The van der Waals surface area contributed by atoms with Gasteiger partial charge in [-0.2, -0.15) is 0 Å². The first kappa shape index (κ1) is 13.6. The van der Waals surface area contributed by atoms with Gasteiger partial charge in [-0.25, -0.2) is 4.98 Å². The lowest BCUT2D eigenvalue weighted by Gasteiger charge is -2.20. The predicted octanol–water partition coefficient (Wildman–Crippen LogP) is 2.57. The molecule has 1 aliphatic heterocycles. The van der Waals surface area contributed by atoms with E-state index >= 15 is 0 Å². The Bertz CT molecular complexity index is 391. The normalized spacial score (nSPS) is 17.9. The molecule has 4 nitrogen and oxygen atoms in total. The second kappa shape index (κ2) is 6.38. The average Bonchev–Trinajstić information content (AvgIpc) is 2.80. The van der Waals surface area contributed by atoms with Crippen molar-refractivity contribution >= 4 is 27.4 Å². The monoisotopic (exact) mass is 312 g/mol. The van der Waals surface area contributed by atoms with Crippen LogP contribution in [0.25, 0.3) is 0 Å². The number of pyridine rings is 1. The summed E-state index contributed by atoms with van der Waals surface area (Å²) in [4.78, 5) is 6.82. The summed E-state index contributed by atoms with van der Waals surface area (Å²) in [6.45, 7) is 6.89. The fourth-order valence-electron chi connectivity index (χ4n) is 2.32. The van der Waals surface area contributed by atoms with Crippen molar-refractivity contribution in [3.63, 3.8) is 0 Å². The summed E-state index contributed by atoms with van der Waals surface area (Å²) in [5.41, 5.74) is 6.34. The number of rotatable bonds is 5. The van der Waals surface area contributed by atoms with E-state index in [1.165, 1.54) is 32.5 Å². The highest BCUT2D eigenvalue weighted by Crippen LogP contribution is 2.22. The number of hydrogen-bond acceptors (Lipinski definition) is 4. The second-order valence-corrected chi connectivity index (χ2v) is 5.95. The fourth-order valence-corrected chi connectivity index (χ4v) is 2.83. The number of nitrogens with zero attached hydrogens (tertiary/aromatic N) is 2. The van der Waals surface area contributed by atoms with Crippen molar-refractivity contribution in [2.45, 2.75) is 19.8 Å². The van der Waals surface area contributed by atoms with Gasteiger partial charge in [0.25, 0.3) is 0 Å². The molecular formula is C13H21BrN4. The lowest BCUT2D eigenvalue weighted by atomic mass is 10.1. The maximum atomic E-state index is 5.67. The van der Waals surface area contributed by atoms with Crippen LogP contribution >= 0.6 is 15.9 Å². The molecule has 0 amide bonds. The molecule has 1 saturated heterocycles. The molecule has 0 spiro atoms. The van der Waals surface area contributed by atoms with Gasteiger partial charge in [0.15, 0.2) is 0 Å². The first-order valence-electron chi connectivity index (χ1n) is 6.52. The van der Waals surface area contributed by atoms with Gasteiger partial charge >= 0.3 is 0 Å². The molecule has 1 aromatic heterocycles. The Morgan fingerprint density at radius 3 is 2.89 bits per heavy atom. The highest BCUT2D eigenvalue weighted by Gasteiger charge is 2.14. The van der Waals surface area contributed by atoms with Crippen LogP contribution in [0.2, 0.25) is 0 Å². The molecule has 2 rings (SSSR count). The minimum absolute atomic E-state index is 0.620. The number of nitrogens with one attached hydrogen (secondary N) is 1. The van der Waals surface area contributed by atoms with E-state index in [1.54, 1.807) is 6.20 Å². The molecule has 18 heavy (non-hydrogen) atoms. The summed E-state index contributed by atoms with van der Waals surface area (Å²) in [7, 11) is 0. The van der Waals surface area contributed by atoms with Crippen molar-refractivity contribution in [2.24, 2.45) is 5.92 Å². The van der Waals surface area contributed by atoms with Crippen molar-refractivity contribution in [2.75, 3.05) is 37.2 Å². The van der Waals surface area contributed by atoms with E-state index in [0.717, 1.165) is 16.8 Å². The van der Waals surface area contributed by atoms with E-state index < -0.39 is 0 Å². The highest BCUT2D eigenvalue weighted by molar-refractivity contribution is 9.10. The number of hydrogen-bond donors (Lipinski definition) is 2. The van der Waals surface area contributed by atoms with Crippen LogP contribution in [0.3, 0.4) is 0 Å². The zero-order chi connectivity index (χ0) is 13.0. The summed E-state index contributed by atoms with van der Waals surface area (Å²) in [6, 6.07) is 1.88. The van der Waals surface area contributed by atoms with Crippen LogP contribution in [0.15, 0.2) is 16.7 Å². The number of aromatic nitrogens is 1. The van der Waals surface area contributed by atoms with Crippen LogP contribution in [-0.4, -0.2) is 36.1 Å². The van der Waals surface area contributed by atoms with Crippen molar-refractivity contribution in [3.8, 4) is 0 Å². The zero-order valence-electron chi connectivity index (χ0n) is 10.8. The van der Waals surface area contributed by atoms with Gasteiger partial charge in [0.2, 0.25) is 0 Å². The first-order chi connectivity index (χ1) is 8.65. The van der Waals surface area contributed by atoms with Gasteiger partial charge in [-0.05, 0) is 53.8 Å². The third-order valence-electron chi connectivity index (χ3n) is 3.25. The third kappa shape index (κ3) is 3.85. The van der Waals surface area contributed by atoms with Crippen molar-refractivity contribution < 1.29 is 0 Å². The fraction of sp³-hybridized carbons (Fsp3) is 0.615. The Hall–Kier alpha value is -0.810. The quantitative estimate of drug-likeness (QED) is 0.877. The Morgan fingerprint density at radius 2 is 2.22 bits per heavy atom. The van der Waals surface area contributed by atoms with Crippen LogP contribution in [-0.2, 0) is 0 Å². The van der Waals surface area contributed by atoms with Crippen LogP contribution < -0.4 is 11.1 Å². The summed E-state index contributed by atoms with van der Waals surface area (Å²) >= 11 is 3.47. The molecule has 1 aliphatic rings. The molecule has 0 radical (unpaired) electrons. The summed E-state index contributed by atoms with van der Waals surface area (Å²) in [5, 5.41) is 3.37. The molecule has 1 unspecified atom stereocenters. The Balaban J connectivity index is 1.79.